The second-order valence-corrected chi connectivity index (χ2v) is 7.02. The van der Waals surface area contributed by atoms with Crippen LogP contribution >= 0.6 is 0 Å². The summed E-state index contributed by atoms with van der Waals surface area (Å²) in [6.07, 6.45) is 4.92. The quantitative estimate of drug-likeness (QED) is 0.874. The van der Waals surface area contributed by atoms with E-state index in [0.29, 0.717) is 6.54 Å². The average molecular weight is 342 g/mol. The van der Waals surface area contributed by atoms with Crippen LogP contribution < -0.4 is 5.32 Å². The van der Waals surface area contributed by atoms with Gasteiger partial charge >= 0.3 is 0 Å². The molecule has 5 heteroatoms. The topological polar surface area (TPSA) is 45.5 Å². The summed E-state index contributed by atoms with van der Waals surface area (Å²) in [6.45, 7) is 2.66. The van der Waals surface area contributed by atoms with Crippen LogP contribution in [0.4, 0.5) is 4.39 Å². The van der Waals surface area contributed by atoms with E-state index in [1.165, 1.54) is 25.0 Å². The molecule has 4 rings (SSSR count). The normalized spacial score (nSPS) is 24.2. The highest BCUT2D eigenvalue weighted by molar-refractivity contribution is 5.82. The molecule has 1 saturated carbocycles. The van der Waals surface area contributed by atoms with Gasteiger partial charge < -0.3 is 9.73 Å². The smallest absolute Gasteiger partial charge is 0.223 e. The number of furan rings is 1. The fraction of sp³-hybridized carbons (Fsp3) is 0.450. The molecule has 1 aliphatic heterocycles. The summed E-state index contributed by atoms with van der Waals surface area (Å²) in [5.41, 5.74) is 1.05. The Kier molecular flexibility index (Phi) is 4.57. The van der Waals surface area contributed by atoms with Crippen molar-refractivity contribution in [1.82, 2.24) is 10.2 Å². The molecule has 0 spiro atoms. The SMILES string of the molecule is O=C(NCC(c1ccco1)N1CCCC1)C1CC1c1ccc(F)cc1. The standard InChI is InChI=1S/C20H23FN2O2/c21-15-7-5-14(6-8-15)16-12-17(16)20(24)22-13-18(19-4-3-11-25-19)23-9-1-2-10-23/h3-8,11,16-18H,1-2,9-10,12-13H2,(H,22,24). The zero-order valence-electron chi connectivity index (χ0n) is 14.2. The zero-order chi connectivity index (χ0) is 17.2. The first kappa shape index (κ1) is 16.3. The van der Waals surface area contributed by atoms with Gasteiger partial charge in [-0.25, -0.2) is 4.39 Å². The molecule has 2 fully saturated rings. The van der Waals surface area contributed by atoms with Gasteiger partial charge in [-0.05, 0) is 68.1 Å². The van der Waals surface area contributed by atoms with E-state index in [4.69, 9.17) is 4.42 Å². The number of carbonyl (C=O) groups is 1. The van der Waals surface area contributed by atoms with Crippen molar-refractivity contribution >= 4 is 5.91 Å². The first-order valence-electron chi connectivity index (χ1n) is 9.03. The molecule has 1 amide bonds. The van der Waals surface area contributed by atoms with Crippen molar-refractivity contribution in [1.29, 1.82) is 0 Å². The summed E-state index contributed by atoms with van der Waals surface area (Å²) >= 11 is 0. The van der Waals surface area contributed by atoms with E-state index in [1.54, 1.807) is 18.4 Å². The second kappa shape index (κ2) is 7.00. The van der Waals surface area contributed by atoms with Crippen molar-refractivity contribution in [3.05, 3.63) is 59.8 Å². The highest BCUT2D eigenvalue weighted by Gasteiger charge is 2.44. The lowest BCUT2D eigenvalue weighted by atomic mass is 10.1. The lowest BCUT2D eigenvalue weighted by Crippen LogP contribution is -2.37. The summed E-state index contributed by atoms with van der Waals surface area (Å²) < 4.78 is 18.6. The first-order chi connectivity index (χ1) is 12.2. The van der Waals surface area contributed by atoms with E-state index in [-0.39, 0.29) is 29.6 Å². The average Bonchev–Trinajstić information content (AvgIpc) is 3.02. The Balaban J connectivity index is 1.35. The molecule has 2 heterocycles. The minimum Gasteiger partial charge on any atom is -0.468 e. The summed E-state index contributed by atoms with van der Waals surface area (Å²) in [5.74, 6) is 0.978. The van der Waals surface area contributed by atoms with Crippen LogP contribution in [0.3, 0.4) is 0 Å². The predicted octanol–water partition coefficient (Wildman–Crippen LogP) is 3.48. The molecule has 3 unspecified atom stereocenters. The Bertz CT molecular complexity index is 708. The van der Waals surface area contributed by atoms with Crippen LogP contribution in [0, 0.1) is 11.7 Å². The molecule has 1 saturated heterocycles. The summed E-state index contributed by atoms with van der Waals surface area (Å²) in [6, 6.07) is 10.5. The largest absolute Gasteiger partial charge is 0.468 e. The fourth-order valence-electron chi connectivity index (χ4n) is 3.84. The van der Waals surface area contributed by atoms with Gasteiger partial charge in [-0.3, -0.25) is 9.69 Å². The maximum Gasteiger partial charge on any atom is 0.223 e. The fourth-order valence-corrected chi connectivity index (χ4v) is 3.84. The second-order valence-electron chi connectivity index (χ2n) is 7.02. The van der Waals surface area contributed by atoms with E-state index in [1.807, 2.05) is 12.1 Å². The third-order valence-corrected chi connectivity index (χ3v) is 5.35. The molecule has 3 atom stereocenters. The summed E-state index contributed by atoms with van der Waals surface area (Å²) in [5, 5.41) is 3.11. The molecule has 2 aliphatic rings. The Hall–Kier alpha value is -2.14. The van der Waals surface area contributed by atoms with Crippen molar-refractivity contribution in [2.24, 2.45) is 5.92 Å². The van der Waals surface area contributed by atoms with Gasteiger partial charge in [0.2, 0.25) is 5.91 Å². The third-order valence-electron chi connectivity index (χ3n) is 5.35. The summed E-state index contributed by atoms with van der Waals surface area (Å²) in [4.78, 5) is 14.9. The number of hydrogen-bond donors (Lipinski definition) is 1. The van der Waals surface area contributed by atoms with Crippen LogP contribution in [0.15, 0.2) is 47.1 Å². The molecule has 1 N–H and O–H groups in total. The van der Waals surface area contributed by atoms with E-state index < -0.39 is 0 Å². The number of halogens is 1. The molecule has 1 aromatic carbocycles. The lowest BCUT2D eigenvalue weighted by molar-refractivity contribution is -0.122. The summed E-state index contributed by atoms with van der Waals surface area (Å²) in [7, 11) is 0. The molecule has 1 aromatic heterocycles. The number of rotatable bonds is 6. The molecule has 4 nitrogen and oxygen atoms in total. The highest BCUT2D eigenvalue weighted by Crippen LogP contribution is 2.47. The van der Waals surface area contributed by atoms with Gasteiger partial charge in [0.25, 0.3) is 0 Å². The first-order valence-corrected chi connectivity index (χ1v) is 9.03. The molecule has 2 aromatic rings. The van der Waals surface area contributed by atoms with Gasteiger partial charge in [0, 0.05) is 12.5 Å². The number of hydrogen-bond acceptors (Lipinski definition) is 3. The van der Waals surface area contributed by atoms with Crippen molar-refractivity contribution in [2.75, 3.05) is 19.6 Å². The number of nitrogens with one attached hydrogen (secondary N) is 1. The van der Waals surface area contributed by atoms with Gasteiger partial charge in [-0.15, -0.1) is 0 Å². The van der Waals surface area contributed by atoms with Crippen LogP contribution in [0.5, 0.6) is 0 Å². The van der Waals surface area contributed by atoms with Gasteiger partial charge in [0.15, 0.2) is 0 Å². The molecule has 0 radical (unpaired) electrons. The van der Waals surface area contributed by atoms with E-state index in [2.05, 4.69) is 10.2 Å². The van der Waals surface area contributed by atoms with Crippen LogP contribution in [0.25, 0.3) is 0 Å². The van der Waals surface area contributed by atoms with Gasteiger partial charge in [0.05, 0.1) is 12.3 Å². The van der Waals surface area contributed by atoms with Gasteiger partial charge in [-0.1, -0.05) is 12.1 Å². The van der Waals surface area contributed by atoms with E-state index in [9.17, 15) is 9.18 Å². The van der Waals surface area contributed by atoms with Crippen molar-refractivity contribution in [3.8, 4) is 0 Å². The van der Waals surface area contributed by atoms with E-state index >= 15 is 0 Å². The Morgan fingerprint density at radius 1 is 1.24 bits per heavy atom. The maximum atomic E-state index is 13.0. The van der Waals surface area contributed by atoms with Gasteiger partial charge in [0.1, 0.15) is 11.6 Å². The Labute approximate surface area is 147 Å². The zero-order valence-corrected chi connectivity index (χ0v) is 14.2. The molecule has 132 valence electrons. The van der Waals surface area contributed by atoms with Crippen molar-refractivity contribution in [3.63, 3.8) is 0 Å². The highest BCUT2D eigenvalue weighted by atomic mass is 19.1. The van der Waals surface area contributed by atoms with Crippen LogP contribution in [-0.2, 0) is 4.79 Å². The number of amides is 1. The van der Waals surface area contributed by atoms with Crippen molar-refractivity contribution < 1.29 is 13.6 Å². The van der Waals surface area contributed by atoms with Gasteiger partial charge in [-0.2, -0.15) is 0 Å². The lowest BCUT2D eigenvalue weighted by Gasteiger charge is -2.26. The van der Waals surface area contributed by atoms with E-state index in [0.717, 1.165) is 30.8 Å². The Morgan fingerprint density at radius 3 is 2.68 bits per heavy atom. The Morgan fingerprint density at radius 2 is 2.00 bits per heavy atom. The maximum absolute atomic E-state index is 13.0. The third kappa shape index (κ3) is 3.61. The molecule has 25 heavy (non-hydrogen) atoms. The monoisotopic (exact) mass is 342 g/mol. The number of likely N-dealkylation sites (tertiary alicyclic amines) is 1. The molecular formula is C20H23FN2O2. The minimum absolute atomic E-state index is 0.00119. The number of carbonyl (C=O) groups excluding carboxylic acids is 1. The predicted molar refractivity (Wildman–Crippen MR) is 92.5 cm³/mol. The minimum atomic E-state index is -0.239. The molecule has 1 aliphatic carbocycles. The van der Waals surface area contributed by atoms with Crippen LogP contribution in [0.2, 0.25) is 0 Å². The number of benzene rings is 1. The number of nitrogens with zero attached hydrogens (tertiary/aromatic N) is 1. The molecule has 0 bridgehead atoms. The molecular weight excluding hydrogens is 319 g/mol. The van der Waals surface area contributed by atoms with Crippen molar-refractivity contribution in [2.45, 2.75) is 31.2 Å². The van der Waals surface area contributed by atoms with Crippen LogP contribution in [0.1, 0.15) is 42.5 Å². The van der Waals surface area contributed by atoms with Crippen LogP contribution in [-0.4, -0.2) is 30.4 Å².